The number of nitrogens with zero attached hydrogens (tertiary/aromatic N) is 2. The lowest BCUT2D eigenvalue weighted by Gasteiger charge is -2.08. The van der Waals surface area contributed by atoms with Crippen molar-refractivity contribution in [2.24, 2.45) is 12.8 Å². The molecule has 0 saturated carbocycles. The third-order valence-electron chi connectivity index (χ3n) is 2.86. The maximum absolute atomic E-state index is 5.95. The Labute approximate surface area is 112 Å². The van der Waals surface area contributed by atoms with E-state index in [9.17, 15) is 0 Å². The van der Waals surface area contributed by atoms with E-state index in [0.29, 0.717) is 0 Å². The third-order valence-corrected chi connectivity index (χ3v) is 3.82. The zero-order valence-corrected chi connectivity index (χ0v) is 11.7. The monoisotopic (exact) mass is 261 g/mol. The second-order valence-electron chi connectivity index (χ2n) is 4.47. The Bertz CT molecular complexity index is 490. The Morgan fingerprint density at radius 3 is 2.56 bits per heavy atom. The van der Waals surface area contributed by atoms with Gasteiger partial charge in [0.15, 0.2) is 0 Å². The van der Waals surface area contributed by atoms with Gasteiger partial charge in [-0.3, -0.25) is 4.68 Å². The maximum Gasteiger partial charge on any atom is 0.0629 e. The minimum absolute atomic E-state index is 0.266. The molecule has 0 aliphatic heterocycles. The van der Waals surface area contributed by atoms with Crippen molar-refractivity contribution >= 4 is 11.8 Å². The van der Waals surface area contributed by atoms with Crippen LogP contribution in [-0.4, -0.2) is 15.8 Å². The number of benzene rings is 1. The maximum atomic E-state index is 5.95. The molecule has 0 aliphatic rings. The largest absolute Gasteiger partial charge is 0.327 e. The van der Waals surface area contributed by atoms with Crippen LogP contribution in [0.4, 0.5) is 0 Å². The third kappa shape index (κ3) is 3.62. The molecule has 2 N–H and O–H groups in total. The molecule has 1 aromatic heterocycles. The van der Waals surface area contributed by atoms with Crippen LogP contribution in [0.25, 0.3) is 0 Å². The van der Waals surface area contributed by atoms with Crippen molar-refractivity contribution in [3.63, 3.8) is 0 Å². The minimum Gasteiger partial charge on any atom is -0.327 e. The molecule has 0 radical (unpaired) electrons. The average molecular weight is 261 g/mol. The standard InChI is InChI=1S/C14H19N3S/c1-3-12(15)8-11-4-6-13(7-5-11)18-14-9-16-17(2)10-14/h4-7,9-10,12H,3,8,15H2,1-2H3. The first-order chi connectivity index (χ1) is 8.67. The normalized spacial score (nSPS) is 12.6. The lowest BCUT2D eigenvalue weighted by molar-refractivity contribution is 0.646. The molecule has 1 unspecified atom stereocenters. The Hall–Kier alpha value is -1.26. The SMILES string of the molecule is CCC(N)Cc1ccc(Sc2cnn(C)c2)cc1. The van der Waals surface area contributed by atoms with Gasteiger partial charge < -0.3 is 5.73 Å². The zero-order chi connectivity index (χ0) is 13.0. The van der Waals surface area contributed by atoms with Gasteiger partial charge in [-0.1, -0.05) is 30.8 Å². The minimum atomic E-state index is 0.266. The molecule has 0 fully saturated rings. The quantitative estimate of drug-likeness (QED) is 0.900. The van der Waals surface area contributed by atoms with Crippen LogP contribution in [0.2, 0.25) is 0 Å². The topological polar surface area (TPSA) is 43.8 Å². The van der Waals surface area contributed by atoms with Gasteiger partial charge in [-0.05, 0) is 30.5 Å². The highest BCUT2D eigenvalue weighted by Gasteiger charge is 2.03. The fraction of sp³-hybridized carbons (Fsp3) is 0.357. The van der Waals surface area contributed by atoms with Gasteiger partial charge in [0.25, 0.3) is 0 Å². The molecule has 0 aliphatic carbocycles. The highest BCUT2D eigenvalue weighted by molar-refractivity contribution is 7.99. The summed E-state index contributed by atoms with van der Waals surface area (Å²) in [5.74, 6) is 0. The van der Waals surface area contributed by atoms with E-state index in [4.69, 9.17) is 5.73 Å². The Morgan fingerprint density at radius 1 is 1.28 bits per heavy atom. The fourth-order valence-corrected chi connectivity index (χ4v) is 2.58. The summed E-state index contributed by atoms with van der Waals surface area (Å²) in [6, 6.07) is 8.88. The number of hydrogen-bond donors (Lipinski definition) is 1. The molecule has 3 nitrogen and oxygen atoms in total. The summed E-state index contributed by atoms with van der Waals surface area (Å²) in [4.78, 5) is 2.40. The van der Waals surface area contributed by atoms with Gasteiger partial charge in [0.2, 0.25) is 0 Å². The Balaban J connectivity index is 1.99. The predicted octanol–water partition coefficient (Wildman–Crippen LogP) is 2.85. The lowest BCUT2D eigenvalue weighted by Crippen LogP contribution is -2.21. The van der Waals surface area contributed by atoms with Gasteiger partial charge in [0.1, 0.15) is 0 Å². The molecule has 96 valence electrons. The van der Waals surface area contributed by atoms with E-state index >= 15 is 0 Å². The van der Waals surface area contributed by atoms with Gasteiger partial charge in [0, 0.05) is 24.2 Å². The second-order valence-corrected chi connectivity index (χ2v) is 5.62. The highest BCUT2D eigenvalue weighted by atomic mass is 32.2. The van der Waals surface area contributed by atoms with E-state index in [1.165, 1.54) is 10.5 Å². The van der Waals surface area contributed by atoms with Gasteiger partial charge in [0.05, 0.1) is 11.1 Å². The van der Waals surface area contributed by atoms with Crippen molar-refractivity contribution in [3.05, 3.63) is 42.2 Å². The van der Waals surface area contributed by atoms with Crippen molar-refractivity contribution < 1.29 is 0 Å². The average Bonchev–Trinajstić information content (AvgIpc) is 2.77. The van der Waals surface area contributed by atoms with E-state index in [2.05, 4.69) is 36.3 Å². The fourth-order valence-electron chi connectivity index (χ4n) is 1.73. The Kier molecular flexibility index (Phi) is 4.44. The summed E-state index contributed by atoms with van der Waals surface area (Å²) in [5, 5.41) is 4.16. The molecule has 1 atom stereocenters. The molecule has 2 rings (SSSR count). The van der Waals surface area contributed by atoms with Crippen LogP contribution in [0.15, 0.2) is 46.5 Å². The summed E-state index contributed by atoms with van der Waals surface area (Å²) in [5.41, 5.74) is 7.26. The molecule has 18 heavy (non-hydrogen) atoms. The molecular weight excluding hydrogens is 242 g/mol. The number of aromatic nitrogens is 2. The first kappa shape index (κ1) is 13.2. The smallest absolute Gasteiger partial charge is 0.0629 e. The number of aryl methyl sites for hydroxylation is 1. The highest BCUT2D eigenvalue weighted by Crippen LogP contribution is 2.27. The van der Waals surface area contributed by atoms with Gasteiger partial charge in [-0.15, -0.1) is 0 Å². The van der Waals surface area contributed by atoms with Gasteiger partial charge >= 0.3 is 0 Å². The van der Waals surface area contributed by atoms with E-state index in [-0.39, 0.29) is 6.04 Å². The molecule has 0 bridgehead atoms. The van der Waals surface area contributed by atoms with Crippen LogP contribution in [0, 0.1) is 0 Å². The van der Waals surface area contributed by atoms with Crippen LogP contribution in [0.3, 0.4) is 0 Å². The van der Waals surface area contributed by atoms with Crippen LogP contribution in [-0.2, 0) is 13.5 Å². The summed E-state index contributed by atoms with van der Waals surface area (Å²) in [6.45, 7) is 2.12. The Morgan fingerprint density at radius 2 is 2.00 bits per heavy atom. The zero-order valence-electron chi connectivity index (χ0n) is 10.8. The van der Waals surface area contributed by atoms with E-state index < -0.39 is 0 Å². The molecule has 0 spiro atoms. The number of hydrogen-bond acceptors (Lipinski definition) is 3. The van der Waals surface area contributed by atoms with Crippen molar-refractivity contribution in [1.29, 1.82) is 0 Å². The van der Waals surface area contributed by atoms with Gasteiger partial charge in [-0.2, -0.15) is 5.10 Å². The van der Waals surface area contributed by atoms with E-state index in [1.54, 1.807) is 11.8 Å². The van der Waals surface area contributed by atoms with Crippen LogP contribution < -0.4 is 5.73 Å². The second kappa shape index (κ2) is 6.07. The van der Waals surface area contributed by atoms with Crippen molar-refractivity contribution in [1.82, 2.24) is 9.78 Å². The van der Waals surface area contributed by atoms with E-state index in [1.807, 2.05) is 24.1 Å². The summed E-state index contributed by atoms with van der Waals surface area (Å²) >= 11 is 1.73. The van der Waals surface area contributed by atoms with Crippen molar-refractivity contribution in [2.75, 3.05) is 0 Å². The lowest BCUT2D eigenvalue weighted by atomic mass is 10.1. The van der Waals surface area contributed by atoms with E-state index in [0.717, 1.165) is 17.7 Å². The predicted molar refractivity (Wildman–Crippen MR) is 75.7 cm³/mol. The number of nitrogens with two attached hydrogens (primary N) is 1. The summed E-state index contributed by atoms with van der Waals surface area (Å²) in [7, 11) is 1.93. The van der Waals surface area contributed by atoms with Crippen molar-refractivity contribution in [2.45, 2.75) is 35.6 Å². The molecule has 0 amide bonds. The molecule has 4 heteroatoms. The van der Waals surface area contributed by atoms with Gasteiger partial charge in [-0.25, -0.2) is 0 Å². The summed E-state index contributed by atoms with van der Waals surface area (Å²) in [6.07, 6.45) is 5.87. The number of rotatable bonds is 5. The first-order valence-corrected chi connectivity index (χ1v) is 7.00. The first-order valence-electron chi connectivity index (χ1n) is 6.18. The summed E-state index contributed by atoms with van der Waals surface area (Å²) < 4.78 is 1.82. The molecular formula is C14H19N3S. The molecule has 1 heterocycles. The molecule has 2 aromatic rings. The van der Waals surface area contributed by atoms with Crippen LogP contribution in [0.1, 0.15) is 18.9 Å². The van der Waals surface area contributed by atoms with Crippen molar-refractivity contribution in [3.8, 4) is 0 Å². The molecule has 0 saturated heterocycles. The van der Waals surface area contributed by atoms with Crippen LogP contribution >= 0.6 is 11.8 Å². The van der Waals surface area contributed by atoms with Crippen LogP contribution in [0.5, 0.6) is 0 Å². The molecule has 1 aromatic carbocycles.